The summed E-state index contributed by atoms with van der Waals surface area (Å²) in [5.74, 6) is -1.16. The van der Waals surface area contributed by atoms with Crippen LogP contribution in [0, 0.1) is 11.3 Å². The molecular formula is C27H23N5O4S. The number of nitriles is 1. The largest absolute Gasteiger partial charge is 0.308 e. The van der Waals surface area contributed by atoms with Gasteiger partial charge in [-0.2, -0.15) is 5.26 Å². The number of hydrogen-bond donors (Lipinski definition) is 0. The molecule has 0 aliphatic heterocycles. The summed E-state index contributed by atoms with van der Waals surface area (Å²) in [6.07, 6.45) is 2.34. The first kappa shape index (κ1) is 25.6. The van der Waals surface area contributed by atoms with Crippen molar-refractivity contribution in [2.24, 2.45) is 0 Å². The van der Waals surface area contributed by atoms with Crippen LogP contribution in [0.25, 0.3) is 10.8 Å². The first-order chi connectivity index (χ1) is 17.7. The third-order valence-corrected chi connectivity index (χ3v) is 7.52. The molecule has 0 atom stereocenters. The number of anilines is 1. The summed E-state index contributed by atoms with van der Waals surface area (Å²) < 4.78 is 26.5. The number of hydrogen-bond acceptors (Lipinski definition) is 7. The SMILES string of the molecule is CN(C)S(=O)(=O)c1cccc(N(Cc2ccc3ccc(C#N)cc3c2)C(=O)CC(=O)c2ncccn2)c1. The minimum Gasteiger partial charge on any atom is -0.308 e. The molecule has 9 nitrogen and oxygen atoms in total. The molecule has 1 aromatic heterocycles. The van der Waals surface area contributed by atoms with Crippen molar-refractivity contribution in [1.29, 1.82) is 5.26 Å². The second-order valence-corrected chi connectivity index (χ2v) is 10.6. The van der Waals surface area contributed by atoms with E-state index < -0.39 is 28.1 Å². The van der Waals surface area contributed by atoms with Crippen LogP contribution in [0.5, 0.6) is 0 Å². The van der Waals surface area contributed by atoms with Crippen LogP contribution in [0.4, 0.5) is 5.69 Å². The van der Waals surface area contributed by atoms with Gasteiger partial charge in [0, 0.05) is 32.2 Å². The number of carbonyl (C=O) groups excluding carboxylic acids is 2. The highest BCUT2D eigenvalue weighted by Crippen LogP contribution is 2.25. The molecule has 186 valence electrons. The number of fused-ring (bicyclic) bond motifs is 1. The first-order valence-corrected chi connectivity index (χ1v) is 12.7. The summed E-state index contributed by atoms with van der Waals surface area (Å²) in [6, 6.07) is 20.6. The number of rotatable bonds is 8. The molecule has 10 heteroatoms. The molecule has 0 saturated carbocycles. The zero-order valence-corrected chi connectivity index (χ0v) is 21.0. The normalized spacial score (nSPS) is 11.3. The molecule has 1 amide bonds. The smallest absolute Gasteiger partial charge is 0.242 e. The van der Waals surface area contributed by atoms with Gasteiger partial charge in [0.2, 0.25) is 21.7 Å². The quantitative estimate of drug-likeness (QED) is 0.261. The highest BCUT2D eigenvalue weighted by molar-refractivity contribution is 7.89. The van der Waals surface area contributed by atoms with Gasteiger partial charge in [-0.05, 0) is 58.8 Å². The molecule has 0 aliphatic rings. The van der Waals surface area contributed by atoms with Crippen molar-refractivity contribution in [3.63, 3.8) is 0 Å². The van der Waals surface area contributed by atoms with E-state index in [1.165, 1.54) is 43.5 Å². The lowest BCUT2D eigenvalue weighted by atomic mass is 10.0. The number of sulfonamides is 1. The van der Waals surface area contributed by atoms with E-state index in [4.69, 9.17) is 0 Å². The Labute approximate surface area is 214 Å². The van der Waals surface area contributed by atoms with Gasteiger partial charge in [-0.3, -0.25) is 9.59 Å². The summed E-state index contributed by atoms with van der Waals surface area (Å²) in [5.41, 5.74) is 1.56. The Bertz CT molecular complexity index is 1630. The van der Waals surface area contributed by atoms with E-state index >= 15 is 0 Å². The third-order valence-electron chi connectivity index (χ3n) is 5.71. The molecule has 37 heavy (non-hydrogen) atoms. The van der Waals surface area contributed by atoms with E-state index in [1.807, 2.05) is 24.3 Å². The third kappa shape index (κ3) is 5.69. The van der Waals surface area contributed by atoms with Crippen LogP contribution < -0.4 is 4.90 Å². The molecule has 0 aliphatic carbocycles. The van der Waals surface area contributed by atoms with Crippen LogP contribution in [0.2, 0.25) is 0 Å². The van der Waals surface area contributed by atoms with Crippen LogP contribution in [0.3, 0.4) is 0 Å². The van der Waals surface area contributed by atoms with Gasteiger partial charge in [0.1, 0.15) is 0 Å². The van der Waals surface area contributed by atoms with Crippen LogP contribution in [0.15, 0.2) is 84.0 Å². The zero-order valence-electron chi connectivity index (χ0n) is 20.2. The fourth-order valence-electron chi connectivity index (χ4n) is 3.75. The van der Waals surface area contributed by atoms with Crippen molar-refractivity contribution < 1.29 is 18.0 Å². The minimum atomic E-state index is -3.76. The van der Waals surface area contributed by atoms with Crippen LogP contribution in [-0.2, 0) is 21.4 Å². The number of amides is 1. The number of nitrogens with zero attached hydrogens (tertiary/aromatic N) is 5. The summed E-state index contributed by atoms with van der Waals surface area (Å²) in [5, 5.41) is 11.0. The maximum absolute atomic E-state index is 13.4. The second kappa shape index (κ2) is 10.7. The predicted molar refractivity (Wildman–Crippen MR) is 138 cm³/mol. The standard InChI is InChI=1S/C27H23N5O4S/c1-31(2)37(35,36)24-6-3-5-23(15-24)32(26(34)16-25(33)27-29-11-4-12-30-27)18-20-8-10-21-9-7-19(17-28)13-22(21)14-20/h3-15H,16,18H2,1-2H3. The Hall–Kier alpha value is -4.46. The van der Waals surface area contributed by atoms with Crippen molar-refractivity contribution in [2.45, 2.75) is 17.9 Å². The Morgan fingerprint density at radius 1 is 0.919 bits per heavy atom. The molecule has 0 unspecified atom stereocenters. The molecule has 0 N–H and O–H groups in total. The van der Waals surface area contributed by atoms with Crippen LogP contribution in [0.1, 0.15) is 28.2 Å². The predicted octanol–water partition coefficient (Wildman–Crippen LogP) is 3.56. The Morgan fingerprint density at radius 3 is 2.35 bits per heavy atom. The summed E-state index contributed by atoms with van der Waals surface area (Å²) in [6.45, 7) is 0.0694. The maximum atomic E-state index is 13.4. The number of carbonyl (C=O) groups is 2. The van der Waals surface area contributed by atoms with Gasteiger partial charge in [-0.15, -0.1) is 0 Å². The van der Waals surface area contributed by atoms with E-state index in [0.29, 0.717) is 11.3 Å². The summed E-state index contributed by atoms with van der Waals surface area (Å²) in [4.78, 5) is 35.4. The van der Waals surface area contributed by atoms with Gasteiger partial charge >= 0.3 is 0 Å². The highest BCUT2D eigenvalue weighted by atomic mass is 32.2. The maximum Gasteiger partial charge on any atom is 0.242 e. The lowest BCUT2D eigenvalue weighted by molar-refractivity contribution is -0.117. The number of benzene rings is 3. The molecule has 4 aromatic rings. The molecule has 0 fully saturated rings. The van der Waals surface area contributed by atoms with Gasteiger partial charge in [0.05, 0.1) is 29.5 Å². The lowest BCUT2D eigenvalue weighted by Gasteiger charge is -2.24. The lowest BCUT2D eigenvalue weighted by Crippen LogP contribution is -2.32. The Balaban J connectivity index is 1.73. The average molecular weight is 514 g/mol. The van der Waals surface area contributed by atoms with E-state index in [2.05, 4.69) is 16.0 Å². The van der Waals surface area contributed by atoms with E-state index in [1.54, 1.807) is 30.3 Å². The van der Waals surface area contributed by atoms with E-state index in [9.17, 15) is 23.3 Å². The van der Waals surface area contributed by atoms with E-state index in [-0.39, 0.29) is 17.3 Å². The van der Waals surface area contributed by atoms with Crippen molar-refractivity contribution in [1.82, 2.24) is 14.3 Å². The minimum absolute atomic E-state index is 0.0164. The highest BCUT2D eigenvalue weighted by Gasteiger charge is 2.24. The molecule has 4 rings (SSSR count). The number of aromatic nitrogens is 2. The van der Waals surface area contributed by atoms with Crippen LogP contribution >= 0.6 is 0 Å². The monoisotopic (exact) mass is 513 g/mol. The molecular weight excluding hydrogens is 490 g/mol. The summed E-state index contributed by atoms with van der Waals surface area (Å²) >= 11 is 0. The van der Waals surface area contributed by atoms with Crippen molar-refractivity contribution in [3.8, 4) is 6.07 Å². The molecule has 0 spiro atoms. The van der Waals surface area contributed by atoms with Crippen LogP contribution in [-0.4, -0.2) is 48.5 Å². The topological polar surface area (TPSA) is 124 Å². The fourth-order valence-corrected chi connectivity index (χ4v) is 4.69. The first-order valence-electron chi connectivity index (χ1n) is 11.2. The second-order valence-electron chi connectivity index (χ2n) is 8.45. The fraction of sp³-hybridized carbons (Fsp3) is 0.148. The summed E-state index contributed by atoms with van der Waals surface area (Å²) in [7, 11) is -0.907. The van der Waals surface area contributed by atoms with Crippen molar-refractivity contribution in [2.75, 3.05) is 19.0 Å². The average Bonchev–Trinajstić information content (AvgIpc) is 2.91. The van der Waals surface area contributed by atoms with E-state index in [0.717, 1.165) is 20.6 Å². The Kier molecular flexibility index (Phi) is 7.38. The van der Waals surface area contributed by atoms with Gasteiger partial charge in [-0.25, -0.2) is 22.7 Å². The molecule has 1 heterocycles. The Morgan fingerprint density at radius 2 is 1.65 bits per heavy atom. The van der Waals surface area contributed by atoms with Gasteiger partial charge in [-0.1, -0.05) is 24.3 Å². The van der Waals surface area contributed by atoms with Gasteiger partial charge in [0.25, 0.3) is 0 Å². The molecule has 3 aromatic carbocycles. The van der Waals surface area contributed by atoms with Crippen molar-refractivity contribution in [3.05, 3.63) is 96.1 Å². The molecule has 0 radical (unpaired) electrons. The van der Waals surface area contributed by atoms with Gasteiger partial charge < -0.3 is 4.90 Å². The van der Waals surface area contributed by atoms with Crippen molar-refractivity contribution >= 4 is 38.2 Å². The number of Topliss-reactive ketones (excluding diaryl/α,β-unsaturated/α-hetero) is 1. The molecule has 0 bridgehead atoms. The zero-order chi connectivity index (χ0) is 26.6. The molecule has 0 saturated heterocycles. The van der Waals surface area contributed by atoms with Gasteiger partial charge in [0.15, 0.2) is 5.82 Å². The number of ketones is 1.